The van der Waals surface area contributed by atoms with Gasteiger partial charge >= 0.3 is 0 Å². The fourth-order valence-corrected chi connectivity index (χ4v) is 3.17. The van der Waals surface area contributed by atoms with E-state index in [0.29, 0.717) is 5.95 Å². The van der Waals surface area contributed by atoms with Crippen molar-refractivity contribution in [3.8, 4) is 11.8 Å². The Labute approximate surface area is 138 Å². The van der Waals surface area contributed by atoms with E-state index < -0.39 is 12.0 Å². The minimum atomic E-state index is -0.830. The van der Waals surface area contributed by atoms with Crippen LogP contribution in [0.1, 0.15) is 11.6 Å². The van der Waals surface area contributed by atoms with Crippen LogP contribution in [-0.4, -0.2) is 22.6 Å². The van der Waals surface area contributed by atoms with Gasteiger partial charge in [-0.15, -0.1) is 0 Å². The van der Waals surface area contributed by atoms with Crippen LogP contribution in [0, 0.1) is 17.2 Å². The van der Waals surface area contributed by atoms with Crippen molar-refractivity contribution in [2.75, 3.05) is 12.4 Å². The first kappa shape index (κ1) is 14.3. The zero-order chi connectivity index (χ0) is 16.7. The van der Waals surface area contributed by atoms with Crippen molar-refractivity contribution in [2.45, 2.75) is 6.04 Å². The number of rotatable bonds is 2. The van der Waals surface area contributed by atoms with Crippen LogP contribution in [0.2, 0.25) is 0 Å². The highest BCUT2D eigenvalue weighted by atomic mass is 16.5. The van der Waals surface area contributed by atoms with Crippen molar-refractivity contribution in [1.82, 2.24) is 9.55 Å². The van der Waals surface area contributed by atoms with Gasteiger partial charge < -0.3 is 9.30 Å². The molecular formula is C18H14N4O2. The summed E-state index contributed by atoms with van der Waals surface area (Å²) in [6.45, 7) is 0. The van der Waals surface area contributed by atoms with Crippen LogP contribution in [0.3, 0.4) is 0 Å². The summed E-state index contributed by atoms with van der Waals surface area (Å²) in [5.74, 6) is 0.0291. The number of benzene rings is 2. The molecule has 1 aliphatic rings. The lowest BCUT2D eigenvalue weighted by Gasteiger charge is -2.30. The third-order valence-corrected chi connectivity index (χ3v) is 4.30. The highest BCUT2D eigenvalue weighted by Gasteiger charge is 2.38. The second-order valence-corrected chi connectivity index (χ2v) is 5.61. The molecule has 0 spiro atoms. The predicted molar refractivity (Wildman–Crippen MR) is 88.6 cm³/mol. The second-order valence-electron chi connectivity index (χ2n) is 5.61. The maximum Gasteiger partial charge on any atom is 0.246 e. The van der Waals surface area contributed by atoms with Gasteiger partial charge in [-0.2, -0.15) is 5.26 Å². The molecule has 2 heterocycles. The van der Waals surface area contributed by atoms with Crippen molar-refractivity contribution >= 4 is 22.9 Å². The molecule has 0 saturated carbocycles. The molecule has 1 aromatic heterocycles. The zero-order valence-electron chi connectivity index (χ0n) is 12.9. The van der Waals surface area contributed by atoms with Crippen LogP contribution in [0.15, 0.2) is 48.5 Å². The van der Waals surface area contributed by atoms with Gasteiger partial charge in [-0.05, 0) is 29.8 Å². The summed E-state index contributed by atoms with van der Waals surface area (Å²) >= 11 is 0. The van der Waals surface area contributed by atoms with Gasteiger partial charge in [0.25, 0.3) is 0 Å². The quantitative estimate of drug-likeness (QED) is 0.788. The van der Waals surface area contributed by atoms with Crippen molar-refractivity contribution in [3.05, 3.63) is 54.1 Å². The molecule has 2 atom stereocenters. The predicted octanol–water partition coefficient (Wildman–Crippen LogP) is 2.73. The molecule has 6 heteroatoms. The Balaban J connectivity index is 1.95. The molecule has 4 rings (SSSR count). The van der Waals surface area contributed by atoms with Gasteiger partial charge in [-0.3, -0.25) is 10.1 Å². The lowest BCUT2D eigenvalue weighted by molar-refractivity contribution is -0.119. The Hall–Kier alpha value is -3.33. The molecule has 6 nitrogen and oxygen atoms in total. The molecule has 118 valence electrons. The maximum absolute atomic E-state index is 12.4. The van der Waals surface area contributed by atoms with E-state index in [9.17, 15) is 10.1 Å². The van der Waals surface area contributed by atoms with Crippen molar-refractivity contribution in [1.29, 1.82) is 5.26 Å². The summed E-state index contributed by atoms with van der Waals surface area (Å²) in [4.78, 5) is 16.8. The minimum absolute atomic E-state index is 0.332. The number of aromatic nitrogens is 2. The Bertz CT molecular complexity index is 969. The van der Waals surface area contributed by atoms with Gasteiger partial charge in [0.2, 0.25) is 11.9 Å². The highest BCUT2D eigenvalue weighted by molar-refractivity contribution is 5.97. The van der Waals surface area contributed by atoms with E-state index >= 15 is 0 Å². The third kappa shape index (κ3) is 2.02. The van der Waals surface area contributed by atoms with Gasteiger partial charge in [0.15, 0.2) is 5.92 Å². The normalized spacial score (nSPS) is 19.4. The van der Waals surface area contributed by atoms with E-state index in [1.807, 2.05) is 53.1 Å². The van der Waals surface area contributed by atoms with Crippen LogP contribution in [0.25, 0.3) is 11.0 Å². The summed E-state index contributed by atoms with van der Waals surface area (Å²) in [5, 5.41) is 12.3. The number of hydrogen-bond donors (Lipinski definition) is 1. The third-order valence-electron chi connectivity index (χ3n) is 4.30. The number of nitrogens with one attached hydrogen (secondary N) is 1. The van der Waals surface area contributed by atoms with E-state index in [-0.39, 0.29) is 5.91 Å². The summed E-state index contributed by atoms with van der Waals surface area (Å²) in [7, 11) is 1.60. The molecule has 3 aromatic rings. The first-order valence-corrected chi connectivity index (χ1v) is 7.54. The lowest BCUT2D eigenvalue weighted by atomic mass is 9.91. The number of fused-ring (bicyclic) bond motifs is 3. The summed E-state index contributed by atoms with van der Waals surface area (Å²) in [5.41, 5.74) is 2.53. The molecule has 0 unspecified atom stereocenters. The number of nitrogens with zero attached hydrogens (tertiary/aromatic N) is 3. The number of amides is 1. The Morgan fingerprint density at radius 3 is 2.67 bits per heavy atom. The van der Waals surface area contributed by atoms with Crippen LogP contribution in [0.5, 0.6) is 5.75 Å². The molecule has 0 fully saturated rings. The van der Waals surface area contributed by atoms with Gasteiger partial charge in [0, 0.05) is 0 Å². The molecule has 0 saturated heterocycles. The van der Waals surface area contributed by atoms with E-state index in [4.69, 9.17) is 4.74 Å². The number of nitriles is 1. The monoisotopic (exact) mass is 318 g/mol. The Morgan fingerprint density at radius 2 is 1.96 bits per heavy atom. The van der Waals surface area contributed by atoms with Crippen molar-refractivity contribution in [3.63, 3.8) is 0 Å². The van der Waals surface area contributed by atoms with Gasteiger partial charge in [0.1, 0.15) is 5.75 Å². The maximum atomic E-state index is 12.4. The Morgan fingerprint density at radius 1 is 1.21 bits per heavy atom. The van der Waals surface area contributed by atoms with E-state index in [0.717, 1.165) is 22.3 Å². The van der Waals surface area contributed by atoms with E-state index in [1.165, 1.54) is 0 Å². The minimum Gasteiger partial charge on any atom is -0.497 e. The molecule has 1 N–H and O–H groups in total. The number of para-hydroxylation sites is 2. The lowest BCUT2D eigenvalue weighted by Crippen LogP contribution is -2.37. The fourth-order valence-electron chi connectivity index (χ4n) is 3.17. The topological polar surface area (TPSA) is 79.9 Å². The zero-order valence-corrected chi connectivity index (χ0v) is 12.9. The average molecular weight is 318 g/mol. The van der Waals surface area contributed by atoms with Crippen LogP contribution in [0.4, 0.5) is 5.95 Å². The smallest absolute Gasteiger partial charge is 0.246 e. The van der Waals surface area contributed by atoms with Crippen LogP contribution in [-0.2, 0) is 4.79 Å². The first-order valence-electron chi connectivity index (χ1n) is 7.54. The number of carbonyl (C=O) groups is 1. The first-order chi connectivity index (χ1) is 11.7. The van der Waals surface area contributed by atoms with E-state index in [2.05, 4.69) is 16.4 Å². The largest absolute Gasteiger partial charge is 0.497 e. The summed E-state index contributed by atoms with van der Waals surface area (Å²) < 4.78 is 7.12. The molecule has 0 bridgehead atoms. The van der Waals surface area contributed by atoms with Crippen LogP contribution >= 0.6 is 0 Å². The number of carbonyl (C=O) groups excluding carboxylic acids is 1. The number of hydrogen-bond acceptors (Lipinski definition) is 4. The van der Waals surface area contributed by atoms with Gasteiger partial charge in [0.05, 0.1) is 30.3 Å². The SMILES string of the molecule is COc1ccc([C@@H]2[C@@H](C#N)C(=O)Nc3nc4ccccc4n32)cc1. The molecule has 2 aromatic carbocycles. The number of ether oxygens (including phenoxy) is 1. The van der Waals surface area contributed by atoms with Gasteiger partial charge in [-0.1, -0.05) is 24.3 Å². The Kier molecular flexibility index (Phi) is 3.21. The molecule has 1 amide bonds. The standard InChI is InChI=1S/C18H14N4O2/c1-24-12-8-6-11(7-9-12)16-13(10-19)17(23)21-18-20-14-4-2-3-5-15(14)22(16)18/h2-9,13,16H,1H3,(H,20,21,23)/t13-,16-/m1/s1. The van der Waals surface area contributed by atoms with E-state index in [1.54, 1.807) is 7.11 Å². The van der Waals surface area contributed by atoms with Crippen molar-refractivity contribution in [2.24, 2.45) is 5.92 Å². The number of methoxy groups -OCH3 is 1. The molecule has 0 aliphatic carbocycles. The summed E-state index contributed by atoms with van der Waals surface area (Å²) in [6, 6.07) is 16.8. The number of imidazole rings is 1. The average Bonchev–Trinajstić information content (AvgIpc) is 2.98. The van der Waals surface area contributed by atoms with Crippen LogP contribution < -0.4 is 10.1 Å². The number of anilines is 1. The highest BCUT2D eigenvalue weighted by Crippen LogP contribution is 2.38. The van der Waals surface area contributed by atoms with Gasteiger partial charge in [-0.25, -0.2) is 4.98 Å². The molecule has 1 aliphatic heterocycles. The molecule has 0 radical (unpaired) electrons. The molecule has 24 heavy (non-hydrogen) atoms. The fraction of sp³-hybridized carbons (Fsp3) is 0.167. The second kappa shape index (κ2) is 5.39. The molecular weight excluding hydrogens is 304 g/mol. The van der Waals surface area contributed by atoms with Crippen molar-refractivity contribution < 1.29 is 9.53 Å². The summed E-state index contributed by atoms with van der Waals surface area (Å²) in [6.07, 6.45) is 0.